The van der Waals surface area contributed by atoms with Crippen molar-refractivity contribution in [2.24, 2.45) is 0 Å². The number of hydrogen-bond donors (Lipinski definition) is 0. The molecule has 0 fully saturated rings. The Balaban J connectivity index is 3.03. The summed E-state index contributed by atoms with van der Waals surface area (Å²) in [6.07, 6.45) is -4.84. The first kappa shape index (κ1) is 8.76. The zero-order chi connectivity index (χ0) is 9.14. The van der Waals surface area contributed by atoms with Crippen molar-refractivity contribution in [3.63, 3.8) is 0 Å². The van der Waals surface area contributed by atoms with Crippen molar-refractivity contribution in [1.29, 1.82) is 0 Å². The lowest BCUT2D eigenvalue weighted by atomic mass is 10.5. The number of halogens is 3. The van der Waals surface area contributed by atoms with Gasteiger partial charge in [0, 0.05) is 12.3 Å². The van der Waals surface area contributed by atoms with Crippen LogP contribution in [0.5, 0.6) is 0 Å². The summed E-state index contributed by atoms with van der Waals surface area (Å²) in [5, 5.41) is 3.15. The van der Waals surface area contributed by atoms with Gasteiger partial charge in [-0.05, 0) is 6.07 Å². The van der Waals surface area contributed by atoms with Crippen LogP contribution in [0.25, 0.3) is 0 Å². The predicted molar refractivity (Wildman–Crippen MR) is 34.6 cm³/mol. The topological polar surface area (TPSA) is 34.9 Å². The molecule has 66 valence electrons. The number of hydrogen-bond acceptors (Lipinski definition) is 2. The van der Waals surface area contributed by atoms with E-state index in [4.69, 9.17) is 0 Å². The molecule has 0 N–H and O–H groups in total. The Kier molecular flexibility index (Phi) is 2.47. The molecule has 0 aliphatic heterocycles. The Morgan fingerprint density at radius 3 is 2.58 bits per heavy atom. The van der Waals surface area contributed by atoms with E-state index in [0.717, 1.165) is 12.3 Å². The maximum atomic E-state index is 12.5. The van der Waals surface area contributed by atoms with E-state index in [2.05, 4.69) is 5.10 Å². The summed E-state index contributed by atoms with van der Waals surface area (Å²) in [5.41, 5.74) is -0.884. The standard InChI is InChI=1S/C6H5F3N2O/c7-5(8)6(9)11-4(12)2-1-3-10-11/h1-3,5-6H. The average molecular weight is 178 g/mol. The van der Waals surface area contributed by atoms with Crippen LogP contribution >= 0.6 is 0 Å². The zero-order valence-electron chi connectivity index (χ0n) is 5.82. The number of alkyl halides is 3. The highest BCUT2D eigenvalue weighted by atomic mass is 19.3. The molecule has 0 aliphatic rings. The SMILES string of the molecule is O=c1cccnn1C(F)C(F)F. The van der Waals surface area contributed by atoms with E-state index < -0.39 is 18.3 Å². The van der Waals surface area contributed by atoms with Crippen LogP contribution in [0, 0.1) is 0 Å². The highest BCUT2D eigenvalue weighted by Crippen LogP contribution is 2.13. The van der Waals surface area contributed by atoms with Crippen molar-refractivity contribution < 1.29 is 13.2 Å². The third-order valence-corrected chi connectivity index (χ3v) is 1.18. The van der Waals surface area contributed by atoms with Crippen LogP contribution in [0.1, 0.15) is 6.30 Å². The quantitative estimate of drug-likeness (QED) is 0.676. The first-order valence-corrected chi connectivity index (χ1v) is 3.09. The van der Waals surface area contributed by atoms with Crippen molar-refractivity contribution in [3.8, 4) is 0 Å². The molecule has 12 heavy (non-hydrogen) atoms. The van der Waals surface area contributed by atoms with E-state index in [9.17, 15) is 18.0 Å². The number of rotatable bonds is 2. The lowest BCUT2D eigenvalue weighted by Gasteiger charge is -2.07. The van der Waals surface area contributed by atoms with Crippen LogP contribution in [0.3, 0.4) is 0 Å². The Morgan fingerprint density at radius 1 is 1.42 bits per heavy atom. The van der Waals surface area contributed by atoms with Crippen molar-refractivity contribution in [3.05, 3.63) is 28.7 Å². The highest BCUT2D eigenvalue weighted by molar-refractivity contribution is 4.85. The van der Waals surface area contributed by atoms with Gasteiger partial charge < -0.3 is 0 Å². The molecular formula is C6H5F3N2O. The molecule has 0 saturated carbocycles. The molecule has 3 nitrogen and oxygen atoms in total. The molecule has 0 bridgehead atoms. The van der Waals surface area contributed by atoms with Crippen LogP contribution in [-0.2, 0) is 0 Å². The third-order valence-electron chi connectivity index (χ3n) is 1.18. The lowest BCUT2D eigenvalue weighted by Crippen LogP contribution is -2.27. The van der Waals surface area contributed by atoms with Gasteiger partial charge in [-0.1, -0.05) is 0 Å². The van der Waals surface area contributed by atoms with E-state index in [1.165, 1.54) is 6.07 Å². The third kappa shape index (κ3) is 1.63. The van der Waals surface area contributed by atoms with E-state index in [-0.39, 0.29) is 4.68 Å². The summed E-state index contributed by atoms with van der Waals surface area (Å²) in [5.74, 6) is 0. The van der Waals surface area contributed by atoms with Gasteiger partial charge in [-0.15, -0.1) is 0 Å². The molecule has 1 aromatic heterocycles. The van der Waals surface area contributed by atoms with Gasteiger partial charge in [0.05, 0.1) is 0 Å². The van der Waals surface area contributed by atoms with Gasteiger partial charge in [-0.25, -0.2) is 13.2 Å². The fourth-order valence-corrected chi connectivity index (χ4v) is 0.661. The molecule has 0 saturated heterocycles. The molecular weight excluding hydrogens is 173 g/mol. The fraction of sp³-hybridized carbons (Fsp3) is 0.333. The average Bonchev–Trinajstić information content (AvgIpc) is 2.04. The van der Waals surface area contributed by atoms with Crippen LogP contribution in [0.2, 0.25) is 0 Å². The van der Waals surface area contributed by atoms with Gasteiger partial charge >= 0.3 is 0 Å². The Labute approximate surface area is 65.4 Å². The van der Waals surface area contributed by atoms with Gasteiger partial charge in [0.1, 0.15) is 0 Å². The normalized spacial score (nSPS) is 13.3. The summed E-state index contributed by atoms with van der Waals surface area (Å²) in [4.78, 5) is 10.7. The number of nitrogens with zero attached hydrogens (tertiary/aromatic N) is 2. The van der Waals surface area contributed by atoms with Crippen molar-refractivity contribution in [2.75, 3.05) is 0 Å². The summed E-state index contributed by atoms with van der Waals surface area (Å²) < 4.78 is 36.0. The first-order valence-electron chi connectivity index (χ1n) is 3.09. The Hall–Kier alpha value is -1.33. The molecule has 1 heterocycles. The molecule has 0 amide bonds. The minimum atomic E-state index is -3.24. The monoisotopic (exact) mass is 178 g/mol. The van der Waals surface area contributed by atoms with E-state index >= 15 is 0 Å². The minimum Gasteiger partial charge on any atom is -0.268 e. The minimum absolute atomic E-state index is 0.102. The highest BCUT2D eigenvalue weighted by Gasteiger charge is 2.22. The number of aromatic nitrogens is 2. The second-order valence-electron chi connectivity index (χ2n) is 2.01. The van der Waals surface area contributed by atoms with Gasteiger partial charge in [0.25, 0.3) is 18.3 Å². The van der Waals surface area contributed by atoms with Crippen molar-refractivity contribution in [2.45, 2.75) is 12.7 Å². The van der Waals surface area contributed by atoms with Crippen LogP contribution in [-0.4, -0.2) is 16.2 Å². The molecule has 0 spiro atoms. The van der Waals surface area contributed by atoms with Gasteiger partial charge in [-0.2, -0.15) is 9.78 Å². The maximum absolute atomic E-state index is 12.5. The maximum Gasteiger partial charge on any atom is 0.289 e. The summed E-state index contributed by atoms with van der Waals surface area (Å²) in [6, 6.07) is 2.21. The lowest BCUT2D eigenvalue weighted by molar-refractivity contribution is -0.00222. The molecule has 0 aliphatic carbocycles. The molecule has 1 aromatic rings. The summed E-state index contributed by atoms with van der Waals surface area (Å²) in [6.45, 7) is 0. The summed E-state index contributed by atoms with van der Waals surface area (Å²) >= 11 is 0. The Morgan fingerprint density at radius 2 is 2.08 bits per heavy atom. The second-order valence-corrected chi connectivity index (χ2v) is 2.01. The molecule has 1 unspecified atom stereocenters. The van der Waals surface area contributed by atoms with E-state index in [1.807, 2.05) is 0 Å². The van der Waals surface area contributed by atoms with Crippen molar-refractivity contribution >= 4 is 0 Å². The Bertz CT molecular complexity index is 312. The van der Waals surface area contributed by atoms with Gasteiger partial charge in [0.15, 0.2) is 0 Å². The summed E-state index contributed by atoms with van der Waals surface area (Å²) in [7, 11) is 0. The molecule has 1 atom stereocenters. The van der Waals surface area contributed by atoms with Gasteiger partial charge in [-0.3, -0.25) is 4.79 Å². The van der Waals surface area contributed by atoms with Crippen LogP contribution < -0.4 is 5.56 Å². The molecule has 0 radical (unpaired) electrons. The largest absolute Gasteiger partial charge is 0.289 e. The predicted octanol–water partition coefficient (Wildman–Crippen LogP) is 0.976. The fourth-order valence-electron chi connectivity index (χ4n) is 0.661. The molecule has 0 aromatic carbocycles. The first-order chi connectivity index (χ1) is 5.63. The van der Waals surface area contributed by atoms with E-state index in [0.29, 0.717) is 0 Å². The molecule has 1 rings (SSSR count). The van der Waals surface area contributed by atoms with Crippen LogP contribution in [0.15, 0.2) is 23.1 Å². The zero-order valence-corrected chi connectivity index (χ0v) is 5.82. The van der Waals surface area contributed by atoms with Gasteiger partial charge in [0.2, 0.25) is 0 Å². The van der Waals surface area contributed by atoms with Crippen molar-refractivity contribution in [1.82, 2.24) is 9.78 Å². The second kappa shape index (κ2) is 3.38. The molecule has 6 heteroatoms. The smallest absolute Gasteiger partial charge is 0.268 e. The van der Waals surface area contributed by atoms with Crippen LogP contribution in [0.4, 0.5) is 13.2 Å². The van der Waals surface area contributed by atoms with E-state index in [1.54, 1.807) is 0 Å².